The molecule has 2 aromatic rings. The summed E-state index contributed by atoms with van der Waals surface area (Å²) in [5, 5.41) is 7.81. The molecule has 0 spiro atoms. The number of carbonyl (C=O) groups excluding carboxylic acids is 2. The number of benzene rings is 1. The standard InChI is InChI=1S/C16H18N4O3S/c1-8(2)14-15(22)18-10-5-9(3-4-12(10)23-14)11-7-24-16(19-11)20-13(21)6-17/h3-5,7-8,14H,6,17H2,1-2H3,(H,18,22)(H,19,20,21). The number of anilines is 2. The molecule has 2 amide bonds. The Balaban J connectivity index is 1.83. The lowest BCUT2D eigenvalue weighted by atomic mass is 10.0. The van der Waals surface area contributed by atoms with Crippen molar-refractivity contribution in [2.24, 2.45) is 11.7 Å². The zero-order valence-electron chi connectivity index (χ0n) is 13.3. The minimum atomic E-state index is -0.485. The first-order valence-corrected chi connectivity index (χ1v) is 8.43. The number of fused-ring (bicyclic) bond motifs is 1. The van der Waals surface area contributed by atoms with E-state index in [9.17, 15) is 9.59 Å². The maximum absolute atomic E-state index is 12.1. The third-order valence-electron chi connectivity index (χ3n) is 3.59. The van der Waals surface area contributed by atoms with Crippen LogP contribution >= 0.6 is 11.3 Å². The molecule has 1 atom stereocenters. The second-order valence-electron chi connectivity index (χ2n) is 5.77. The fraction of sp³-hybridized carbons (Fsp3) is 0.312. The number of ether oxygens (including phenoxy) is 1. The highest BCUT2D eigenvalue weighted by atomic mass is 32.1. The summed E-state index contributed by atoms with van der Waals surface area (Å²) in [5.74, 6) is 0.291. The first-order valence-electron chi connectivity index (χ1n) is 7.55. The topological polar surface area (TPSA) is 106 Å². The molecule has 0 bridgehead atoms. The van der Waals surface area contributed by atoms with Crippen LogP contribution in [0.25, 0.3) is 11.3 Å². The number of aromatic nitrogens is 1. The van der Waals surface area contributed by atoms with E-state index in [0.29, 0.717) is 22.3 Å². The molecule has 1 aliphatic heterocycles. The molecule has 0 radical (unpaired) electrons. The first kappa shape index (κ1) is 16.4. The van der Waals surface area contributed by atoms with Crippen molar-refractivity contribution in [2.45, 2.75) is 20.0 Å². The summed E-state index contributed by atoms with van der Waals surface area (Å²) < 4.78 is 5.77. The van der Waals surface area contributed by atoms with Gasteiger partial charge >= 0.3 is 0 Å². The molecule has 0 saturated carbocycles. The van der Waals surface area contributed by atoms with Crippen LogP contribution in [0, 0.1) is 5.92 Å². The van der Waals surface area contributed by atoms with Crippen LogP contribution in [0.15, 0.2) is 23.6 Å². The molecule has 1 aromatic heterocycles. The van der Waals surface area contributed by atoms with Gasteiger partial charge in [0.05, 0.1) is 17.9 Å². The number of rotatable bonds is 4. The third kappa shape index (κ3) is 3.24. The molecule has 1 aromatic carbocycles. The van der Waals surface area contributed by atoms with E-state index < -0.39 is 6.10 Å². The van der Waals surface area contributed by atoms with E-state index in [4.69, 9.17) is 10.5 Å². The lowest BCUT2D eigenvalue weighted by molar-refractivity contribution is -0.125. The van der Waals surface area contributed by atoms with E-state index in [1.165, 1.54) is 11.3 Å². The minimum Gasteiger partial charge on any atom is -0.478 e. The zero-order valence-corrected chi connectivity index (χ0v) is 14.1. The van der Waals surface area contributed by atoms with Gasteiger partial charge in [-0.1, -0.05) is 13.8 Å². The van der Waals surface area contributed by atoms with E-state index in [1.54, 1.807) is 0 Å². The minimum absolute atomic E-state index is 0.0880. The summed E-state index contributed by atoms with van der Waals surface area (Å²) in [4.78, 5) is 27.8. The monoisotopic (exact) mass is 346 g/mol. The Morgan fingerprint density at radius 1 is 1.50 bits per heavy atom. The highest BCUT2D eigenvalue weighted by Crippen LogP contribution is 2.35. The van der Waals surface area contributed by atoms with Gasteiger partial charge in [-0.05, 0) is 24.1 Å². The van der Waals surface area contributed by atoms with E-state index in [-0.39, 0.29) is 24.3 Å². The van der Waals surface area contributed by atoms with E-state index in [0.717, 1.165) is 5.56 Å². The molecular formula is C16H18N4O3S. The smallest absolute Gasteiger partial charge is 0.265 e. The van der Waals surface area contributed by atoms with Crippen LogP contribution in [0.1, 0.15) is 13.8 Å². The van der Waals surface area contributed by atoms with Crippen LogP contribution in [0.2, 0.25) is 0 Å². The molecule has 1 aliphatic rings. The third-order valence-corrected chi connectivity index (χ3v) is 4.34. The summed E-state index contributed by atoms with van der Waals surface area (Å²) in [6.07, 6.45) is -0.485. The van der Waals surface area contributed by atoms with E-state index >= 15 is 0 Å². The van der Waals surface area contributed by atoms with Crippen molar-refractivity contribution in [1.29, 1.82) is 0 Å². The first-order chi connectivity index (χ1) is 11.5. The summed E-state index contributed by atoms with van der Waals surface area (Å²) >= 11 is 1.31. The number of thiazole rings is 1. The van der Waals surface area contributed by atoms with Gasteiger partial charge < -0.3 is 21.1 Å². The molecule has 2 heterocycles. The molecule has 1 unspecified atom stereocenters. The van der Waals surface area contributed by atoms with Crippen molar-refractivity contribution in [3.63, 3.8) is 0 Å². The Morgan fingerprint density at radius 3 is 3.00 bits per heavy atom. The molecule has 24 heavy (non-hydrogen) atoms. The summed E-state index contributed by atoms with van der Waals surface area (Å²) in [7, 11) is 0. The number of nitrogens with zero attached hydrogens (tertiary/aromatic N) is 1. The average Bonchev–Trinajstić information content (AvgIpc) is 3.01. The van der Waals surface area contributed by atoms with Gasteiger partial charge in [0.15, 0.2) is 11.2 Å². The number of hydrogen-bond acceptors (Lipinski definition) is 6. The quantitative estimate of drug-likeness (QED) is 0.786. The number of carbonyl (C=O) groups is 2. The SMILES string of the molecule is CC(C)C1Oc2ccc(-c3csc(NC(=O)CN)n3)cc2NC1=O. The Hall–Kier alpha value is -2.45. The van der Waals surface area contributed by atoms with Gasteiger partial charge in [0, 0.05) is 10.9 Å². The van der Waals surface area contributed by atoms with Crippen LogP contribution in [0.3, 0.4) is 0 Å². The maximum atomic E-state index is 12.1. The van der Waals surface area contributed by atoms with E-state index in [2.05, 4.69) is 15.6 Å². The molecule has 0 fully saturated rings. The average molecular weight is 346 g/mol. The highest BCUT2D eigenvalue weighted by molar-refractivity contribution is 7.14. The Labute approximate surface area is 143 Å². The molecule has 126 valence electrons. The lowest BCUT2D eigenvalue weighted by Gasteiger charge is -2.28. The largest absolute Gasteiger partial charge is 0.478 e. The molecule has 4 N–H and O–H groups in total. The van der Waals surface area contributed by atoms with Gasteiger partial charge in [-0.3, -0.25) is 9.59 Å². The molecule has 7 nitrogen and oxygen atoms in total. The van der Waals surface area contributed by atoms with Crippen molar-refractivity contribution in [2.75, 3.05) is 17.2 Å². The molecule has 3 rings (SSSR count). The van der Waals surface area contributed by atoms with Crippen LogP contribution < -0.4 is 21.1 Å². The van der Waals surface area contributed by atoms with Crippen molar-refractivity contribution in [1.82, 2.24) is 4.98 Å². The van der Waals surface area contributed by atoms with Gasteiger partial charge in [0.2, 0.25) is 5.91 Å². The second kappa shape index (κ2) is 6.58. The fourth-order valence-corrected chi connectivity index (χ4v) is 3.09. The van der Waals surface area contributed by atoms with Crippen molar-refractivity contribution < 1.29 is 14.3 Å². The van der Waals surface area contributed by atoms with Gasteiger partial charge in [0.1, 0.15) is 5.75 Å². The van der Waals surface area contributed by atoms with Crippen molar-refractivity contribution in [3.05, 3.63) is 23.6 Å². The number of nitrogens with one attached hydrogen (secondary N) is 2. The number of amides is 2. The van der Waals surface area contributed by atoms with Gasteiger partial charge in [-0.15, -0.1) is 11.3 Å². The molecular weight excluding hydrogens is 328 g/mol. The number of nitrogens with two attached hydrogens (primary N) is 1. The van der Waals surface area contributed by atoms with Gasteiger partial charge in [0.25, 0.3) is 5.91 Å². The fourth-order valence-electron chi connectivity index (χ4n) is 2.36. The Kier molecular flexibility index (Phi) is 4.50. The molecule has 0 saturated heterocycles. The second-order valence-corrected chi connectivity index (χ2v) is 6.63. The van der Waals surface area contributed by atoms with Crippen LogP contribution in [-0.4, -0.2) is 29.4 Å². The highest BCUT2D eigenvalue weighted by Gasteiger charge is 2.30. The van der Waals surface area contributed by atoms with Crippen molar-refractivity contribution >= 4 is 34.0 Å². The zero-order chi connectivity index (χ0) is 17.3. The summed E-state index contributed by atoms with van der Waals surface area (Å²) in [6.45, 7) is 3.79. The van der Waals surface area contributed by atoms with Crippen LogP contribution in [0.5, 0.6) is 5.75 Å². The predicted molar refractivity (Wildman–Crippen MR) is 93.1 cm³/mol. The maximum Gasteiger partial charge on any atom is 0.265 e. The molecule has 0 aliphatic carbocycles. The summed E-state index contributed by atoms with van der Waals surface area (Å²) in [6, 6.07) is 5.50. The summed E-state index contributed by atoms with van der Waals surface area (Å²) in [5.41, 5.74) is 7.42. The van der Waals surface area contributed by atoms with Crippen LogP contribution in [-0.2, 0) is 9.59 Å². The van der Waals surface area contributed by atoms with E-state index in [1.807, 2.05) is 37.4 Å². The Morgan fingerprint density at radius 2 is 2.29 bits per heavy atom. The van der Waals surface area contributed by atoms with Gasteiger partial charge in [-0.2, -0.15) is 0 Å². The lowest BCUT2D eigenvalue weighted by Crippen LogP contribution is -2.40. The number of hydrogen-bond donors (Lipinski definition) is 3. The van der Waals surface area contributed by atoms with Crippen LogP contribution in [0.4, 0.5) is 10.8 Å². The van der Waals surface area contributed by atoms with Crippen molar-refractivity contribution in [3.8, 4) is 17.0 Å². The van der Waals surface area contributed by atoms with Gasteiger partial charge in [-0.25, -0.2) is 4.98 Å². The normalized spacial score (nSPS) is 16.3. The predicted octanol–water partition coefficient (Wildman–Crippen LogP) is 2.06. The molecule has 8 heteroatoms. The Bertz CT molecular complexity index is 787.